The van der Waals surface area contributed by atoms with E-state index in [2.05, 4.69) is 10.0 Å². The van der Waals surface area contributed by atoms with E-state index in [0.717, 1.165) is 5.56 Å². The molecule has 0 heterocycles. The fourth-order valence-corrected chi connectivity index (χ4v) is 3.78. The summed E-state index contributed by atoms with van der Waals surface area (Å²) in [6, 6.07) is 20.7. The van der Waals surface area contributed by atoms with Gasteiger partial charge in [0.05, 0.1) is 22.6 Å². The molecule has 0 radical (unpaired) electrons. The van der Waals surface area contributed by atoms with Crippen molar-refractivity contribution in [3.05, 3.63) is 90.0 Å². The molecule has 148 valence electrons. The minimum Gasteiger partial charge on any atom is -0.478 e. The molecule has 0 aliphatic heterocycles. The number of carbonyl (C=O) groups is 2. The van der Waals surface area contributed by atoms with E-state index in [-0.39, 0.29) is 34.2 Å². The molecule has 0 spiro atoms. The van der Waals surface area contributed by atoms with Crippen molar-refractivity contribution >= 4 is 33.3 Å². The summed E-state index contributed by atoms with van der Waals surface area (Å²) in [7, 11) is -3.95. The maximum absolute atomic E-state index is 12.5. The normalized spacial score (nSPS) is 10.9. The highest BCUT2D eigenvalue weighted by Crippen LogP contribution is 2.24. The third-order valence-corrected chi connectivity index (χ3v) is 5.42. The van der Waals surface area contributed by atoms with Crippen LogP contribution in [0.1, 0.15) is 15.9 Å². The Balaban J connectivity index is 1.80. The van der Waals surface area contributed by atoms with E-state index in [1.165, 1.54) is 30.3 Å². The lowest BCUT2D eigenvalue weighted by atomic mass is 10.1. The summed E-state index contributed by atoms with van der Waals surface area (Å²) < 4.78 is 27.2. The molecule has 1 amide bonds. The van der Waals surface area contributed by atoms with Crippen LogP contribution in [0.15, 0.2) is 83.8 Å². The second kappa shape index (κ2) is 8.57. The minimum absolute atomic E-state index is 0.0107. The summed E-state index contributed by atoms with van der Waals surface area (Å²) in [6.07, 6.45) is 0.131. The maximum atomic E-state index is 12.5. The number of carboxylic acids is 1. The number of aromatic carboxylic acids is 1. The predicted molar refractivity (Wildman–Crippen MR) is 109 cm³/mol. The molecule has 3 aromatic carbocycles. The lowest BCUT2D eigenvalue weighted by molar-refractivity contribution is -0.115. The maximum Gasteiger partial charge on any atom is 0.337 e. The Kier molecular flexibility index (Phi) is 5.94. The molecule has 0 aliphatic rings. The van der Waals surface area contributed by atoms with Gasteiger partial charge in [0.25, 0.3) is 10.0 Å². The van der Waals surface area contributed by atoms with Gasteiger partial charge in [-0.3, -0.25) is 9.52 Å². The van der Waals surface area contributed by atoms with Crippen molar-refractivity contribution in [2.75, 3.05) is 10.0 Å². The smallest absolute Gasteiger partial charge is 0.337 e. The van der Waals surface area contributed by atoms with Gasteiger partial charge in [-0.15, -0.1) is 0 Å². The van der Waals surface area contributed by atoms with E-state index < -0.39 is 16.0 Å². The summed E-state index contributed by atoms with van der Waals surface area (Å²) in [6.45, 7) is 0. The zero-order chi connectivity index (χ0) is 20.9. The molecule has 0 saturated heterocycles. The number of hydrogen-bond donors (Lipinski definition) is 3. The van der Waals surface area contributed by atoms with Crippen LogP contribution in [0.25, 0.3) is 0 Å². The van der Waals surface area contributed by atoms with Crippen LogP contribution in [0.4, 0.5) is 11.4 Å². The molecular formula is C21H18N2O5S. The van der Waals surface area contributed by atoms with E-state index >= 15 is 0 Å². The van der Waals surface area contributed by atoms with E-state index in [1.54, 1.807) is 18.2 Å². The van der Waals surface area contributed by atoms with Crippen LogP contribution in [0.5, 0.6) is 0 Å². The topological polar surface area (TPSA) is 113 Å². The summed E-state index contributed by atoms with van der Waals surface area (Å²) in [4.78, 5) is 23.8. The number of hydrogen-bond acceptors (Lipinski definition) is 4. The van der Waals surface area contributed by atoms with Gasteiger partial charge in [0.1, 0.15) is 0 Å². The van der Waals surface area contributed by atoms with E-state index in [0.29, 0.717) is 0 Å². The van der Waals surface area contributed by atoms with E-state index in [9.17, 15) is 23.1 Å². The molecule has 7 nitrogen and oxygen atoms in total. The standard InChI is InChI=1S/C21H18N2O5S/c24-20(13-15-7-3-1-4-8-15)22-16-11-12-19(18(14-16)21(25)26)23-29(27,28)17-9-5-2-6-10-17/h1-12,14,23H,13H2,(H,22,24)(H,25,26). The molecule has 0 unspecified atom stereocenters. The molecule has 0 aromatic heterocycles. The Morgan fingerprint density at radius 1 is 0.862 bits per heavy atom. The van der Waals surface area contributed by atoms with Crippen LogP contribution in [0.2, 0.25) is 0 Å². The second-order valence-corrected chi connectivity index (χ2v) is 7.88. The Labute approximate surface area is 168 Å². The average molecular weight is 410 g/mol. The van der Waals surface area contributed by atoms with Crippen molar-refractivity contribution in [2.45, 2.75) is 11.3 Å². The molecule has 8 heteroatoms. The zero-order valence-electron chi connectivity index (χ0n) is 15.2. The number of carbonyl (C=O) groups excluding carboxylic acids is 1. The number of rotatable bonds is 7. The second-order valence-electron chi connectivity index (χ2n) is 6.19. The molecule has 0 atom stereocenters. The minimum atomic E-state index is -3.95. The number of nitrogens with one attached hydrogen (secondary N) is 2. The first kappa shape index (κ1) is 20.1. The van der Waals surface area contributed by atoms with Gasteiger partial charge in [0, 0.05) is 5.69 Å². The molecular weight excluding hydrogens is 392 g/mol. The van der Waals surface area contributed by atoms with Crippen LogP contribution in [-0.4, -0.2) is 25.4 Å². The van der Waals surface area contributed by atoms with Gasteiger partial charge in [0.2, 0.25) is 5.91 Å². The average Bonchev–Trinajstić information content (AvgIpc) is 2.70. The quantitative estimate of drug-likeness (QED) is 0.553. The molecule has 3 N–H and O–H groups in total. The van der Waals surface area contributed by atoms with Crippen molar-refractivity contribution in [3.63, 3.8) is 0 Å². The van der Waals surface area contributed by atoms with Crippen molar-refractivity contribution in [2.24, 2.45) is 0 Å². The SMILES string of the molecule is O=C(Cc1ccccc1)Nc1ccc(NS(=O)(=O)c2ccccc2)c(C(=O)O)c1. The van der Waals surface area contributed by atoms with Crippen LogP contribution in [-0.2, 0) is 21.2 Å². The molecule has 3 aromatic rings. The van der Waals surface area contributed by atoms with Gasteiger partial charge in [0.15, 0.2) is 0 Å². The van der Waals surface area contributed by atoms with Crippen LogP contribution in [0, 0.1) is 0 Å². The molecule has 29 heavy (non-hydrogen) atoms. The largest absolute Gasteiger partial charge is 0.478 e. The highest BCUT2D eigenvalue weighted by molar-refractivity contribution is 7.92. The van der Waals surface area contributed by atoms with Crippen LogP contribution < -0.4 is 10.0 Å². The molecule has 0 saturated carbocycles. The Bertz CT molecular complexity index is 1130. The van der Waals surface area contributed by atoms with Crippen molar-refractivity contribution < 1.29 is 23.1 Å². The lowest BCUT2D eigenvalue weighted by Gasteiger charge is -2.13. The van der Waals surface area contributed by atoms with Crippen LogP contribution >= 0.6 is 0 Å². The third kappa shape index (κ3) is 5.20. The zero-order valence-corrected chi connectivity index (χ0v) is 16.0. The van der Waals surface area contributed by atoms with Gasteiger partial charge in [-0.2, -0.15) is 0 Å². The van der Waals surface area contributed by atoms with Gasteiger partial charge in [-0.25, -0.2) is 13.2 Å². The van der Waals surface area contributed by atoms with Gasteiger partial charge >= 0.3 is 5.97 Å². The first-order valence-electron chi connectivity index (χ1n) is 8.64. The monoisotopic (exact) mass is 410 g/mol. The predicted octanol–water partition coefficient (Wildman–Crippen LogP) is 3.37. The summed E-state index contributed by atoms with van der Waals surface area (Å²) in [5.74, 6) is -1.64. The molecule has 3 rings (SSSR count). The highest BCUT2D eigenvalue weighted by atomic mass is 32.2. The van der Waals surface area contributed by atoms with E-state index in [1.807, 2.05) is 30.3 Å². The number of benzene rings is 3. The number of amides is 1. The van der Waals surface area contributed by atoms with Crippen molar-refractivity contribution in [1.82, 2.24) is 0 Å². The van der Waals surface area contributed by atoms with Gasteiger partial charge < -0.3 is 10.4 Å². The number of sulfonamides is 1. The number of carboxylic acid groups (broad SMARTS) is 1. The van der Waals surface area contributed by atoms with Crippen molar-refractivity contribution in [1.29, 1.82) is 0 Å². The molecule has 0 bridgehead atoms. The summed E-state index contributed by atoms with van der Waals surface area (Å²) in [5, 5.41) is 12.1. The highest BCUT2D eigenvalue weighted by Gasteiger charge is 2.19. The third-order valence-electron chi connectivity index (χ3n) is 4.04. The van der Waals surface area contributed by atoms with Gasteiger partial charge in [-0.05, 0) is 35.9 Å². The Morgan fingerprint density at radius 3 is 2.10 bits per heavy atom. The van der Waals surface area contributed by atoms with E-state index in [4.69, 9.17) is 0 Å². The van der Waals surface area contributed by atoms with Crippen LogP contribution in [0.3, 0.4) is 0 Å². The summed E-state index contributed by atoms with van der Waals surface area (Å²) in [5.41, 5.74) is 0.700. The van der Waals surface area contributed by atoms with Crippen molar-refractivity contribution in [3.8, 4) is 0 Å². The summed E-state index contributed by atoms with van der Waals surface area (Å²) >= 11 is 0. The fourth-order valence-electron chi connectivity index (χ4n) is 2.68. The van der Waals surface area contributed by atoms with Gasteiger partial charge in [-0.1, -0.05) is 48.5 Å². The first-order valence-corrected chi connectivity index (χ1v) is 10.1. The Morgan fingerprint density at radius 2 is 1.48 bits per heavy atom. The molecule has 0 aliphatic carbocycles. The molecule has 0 fully saturated rings. The number of anilines is 2. The lowest BCUT2D eigenvalue weighted by Crippen LogP contribution is -2.17. The first-order chi connectivity index (χ1) is 13.8. The fraction of sp³-hybridized carbons (Fsp3) is 0.0476. The Hall–Kier alpha value is -3.65.